The number of hydrogen-bond donors (Lipinski definition) is 0. The zero-order chi connectivity index (χ0) is 14.2. The Labute approximate surface area is 117 Å². The summed E-state index contributed by atoms with van der Waals surface area (Å²) >= 11 is 0. The topological polar surface area (TPSA) is 32.8 Å². The first-order valence-corrected chi connectivity index (χ1v) is 7.50. The van der Waals surface area contributed by atoms with Crippen molar-refractivity contribution in [2.75, 3.05) is 19.6 Å². The SMILES string of the molecule is CC(C)CN1CC2CCC(C1)N2C(=O)OC(C)(C)C. The van der Waals surface area contributed by atoms with Gasteiger partial charge in [-0.2, -0.15) is 0 Å². The van der Waals surface area contributed by atoms with Crippen LogP contribution >= 0.6 is 0 Å². The molecule has 0 aliphatic carbocycles. The third kappa shape index (κ3) is 3.62. The van der Waals surface area contributed by atoms with E-state index in [1.54, 1.807) is 0 Å². The third-order valence-electron chi connectivity index (χ3n) is 3.79. The highest BCUT2D eigenvalue weighted by Gasteiger charge is 2.44. The minimum atomic E-state index is -0.397. The van der Waals surface area contributed by atoms with Gasteiger partial charge in [0.25, 0.3) is 0 Å². The van der Waals surface area contributed by atoms with Crippen LogP contribution in [0, 0.1) is 5.92 Å². The summed E-state index contributed by atoms with van der Waals surface area (Å²) in [6, 6.07) is 0.708. The van der Waals surface area contributed by atoms with Gasteiger partial charge < -0.3 is 4.74 Å². The van der Waals surface area contributed by atoms with Crippen molar-refractivity contribution in [3.05, 3.63) is 0 Å². The molecule has 2 bridgehead atoms. The molecule has 4 nitrogen and oxygen atoms in total. The number of rotatable bonds is 2. The number of likely N-dealkylation sites (tertiary alicyclic amines) is 1. The number of carbonyl (C=O) groups is 1. The van der Waals surface area contributed by atoms with Crippen molar-refractivity contribution in [1.82, 2.24) is 9.80 Å². The molecule has 0 aromatic carbocycles. The molecule has 2 fully saturated rings. The third-order valence-corrected chi connectivity index (χ3v) is 3.79. The molecular formula is C15H28N2O2. The number of nitrogens with zero attached hydrogens (tertiary/aromatic N) is 2. The fourth-order valence-electron chi connectivity index (χ4n) is 3.27. The Morgan fingerprint density at radius 2 is 1.74 bits per heavy atom. The Kier molecular flexibility index (Phi) is 4.09. The van der Waals surface area contributed by atoms with E-state index < -0.39 is 5.60 Å². The van der Waals surface area contributed by atoms with Crippen LogP contribution in [0.3, 0.4) is 0 Å². The number of amides is 1. The molecule has 0 radical (unpaired) electrons. The maximum atomic E-state index is 12.3. The van der Waals surface area contributed by atoms with Gasteiger partial charge in [0.2, 0.25) is 0 Å². The normalized spacial score (nSPS) is 28.0. The van der Waals surface area contributed by atoms with Crippen LogP contribution in [0.25, 0.3) is 0 Å². The first-order chi connectivity index (χ1) is 8.76. The summed E-state index contributed by atoms with van der Waals surface area (Å²) in [7, 11) is 0. The van der Waals surface area contributed by atoms with Crippen molar-refractivity contribution in [2.24, 2.45) is 5.92 Å². The summed E-state index contributed by atoms with van der Waals surface area (Å²) in [6.45, 7) is 13.5. The van der Waals surface area contributed by atoms with Gasteiger partial charge in [-0.3, -0.25) is 9.80 Å². The maximum absolute atomic E-state index is 12.3. The average molecular weight is 268 g/mol. The van der Waals surface area contributed by atoms with Crippen LogP contribution in [0.2, 0.25) is 0 Å². The van der Waals surface area contributed by atoms with Crippen LogP contribution in [-0.4, -0.2) is 53.2 Å². The molecular weight excluding hydrogens is 240 g/mol. The molecule has 110 valence electrons. The molecule has 4 heteroatoms. The number of piperazine rings is 1. The molecule has 0 N–H and O–H groups in total. The number of ether oxygens (including phenoxy) is 1. The lowest BCUT2D eigenvalue weighted by molar-refractivity contribution is -0.00562. The van der Waals surface area contributed by atoms with Gasteiger partial charge in [0, 0.05) is 31.7 Å². The molecule has 2 aliphatic rings. The Bertz CT molecular complexity index is 322. The van der Waals surface area contributed by atoms with Gasteiger partial charge in [-0.15, -0.1) is 0 Å². The van der Waals surface area contributed by atoms with Crippen LogP contribution in [0.15, 0.2) is 0 Å². The fraction of sp³-hybridized carbons (Fsp3) is 0.933. The van der Waals surface area contributed by atoms with Crippen molar-refractivity contribution in [1.29, 1.82) is 0 Å². The molecule has 1 amide bonds. The summed E-state index contributed by atoms with van der Waals surface area (Å²) in [5.74, 6) is 0.687. The van der Waals surface area contributed by atoms with E-state index in [1.165, 1.54) is 0 Å². The Morgan fingerprint density at radius 3 is 2.16 bits per heavy atom. The minimum absolute atomic E-state index is 0.121. The van der Waals surface area contributed by atoms with Gasteiger partial charge in [0.05, 0.1) is 0 Å². The molecule has 2 atom stereocenters. The molecule has 0 spiro atoms. The summed E-state index contributed by atoms with van der Waals surface area (Å²) < 4.78 is 5.54. The zero-order valence-electron chi connectivity index (χ0n) is 13.0. The number of carbonyl (C=O) groups excluding carboxylic acids is 1. The van der Waals surface area contributed by atoms with Gasteiger partial charge in [-0.05, 0) is 39.5 Å². The van der Waals surface area contributed by atoms with E-state index >= 15 is 0 Å². The fourth-order valence-corrected chi connectivity index (χ4v) is 3.27. The van der Waals surface area contributed by atoms with E-state index in [9.17, 15) is 4.79 Å². The Balaban J connectivity index is 1.97. The van der Waals surface area contributed by atoms with Gasteiger partial charge in [0.15, 0.2) is 0 Å². The molecule has 2 heterocycles. The quantitative estimate of drug-likeness (QED) is 0.772. The van der Waals surface area contributed by atoms with Gasteiger partial charge >= 0.3 is 6.09 Å². The van der Waals surface area contributed by atoms with Crippen molar-refractivity contribution < 1.29 is 9.53 Å². The predicted molar refractivity (Wildman–Crippen MR) is 76.2 cm³/mol. The lowest BCUT2D eigenvalue weighted by atomic mass is 10.1. The molecule has 2 aliphatic heterocycles. The lowest BCUT2D eigenvalue weighted by Gasteiger charge is -2.41. The van der Waals surface area contributed by atoms with E-state index in [2.05, 4.69) is 18.7 Å². The molecule has 2 unspecified atom stereocenters. The average Bonchev–Trinajstić information content (AvgIpc) is 2.47. The van der Waals surface area contributed by atoms with Crippen LogP contribution < -0.4 is 0 Å². The number of hydrogen-bond acceptors (Lipinski definition) is 3. The highest BCUT2D eigenvalue weighted by atomic mass is 16.6. The second-order valence-electron chi connectivity index (χ2n) is 7.38. The summed E-state index contributed by atoms with van der Waals surface area (Å²) in [5, 5.41) is 0. The monoisotopic (exact) mass is 268 g/mol. The van der Waals surface area contributed by atoms with E-state index in [-0.39, 0.29) is 6.09 Å². The van der Waals surface area contributed by atoms with Crippen molar-refractivity contribution in [3.63, 3.8) is 0 Å². The van der Waals surface area contributed by atoms with Crippen molar-refractivity contribution in [2.45, 2.75) is 65.1 Å². The molecule has 2 saturated heterocycles. The van der Waals surface area contributed by atoms with Gasteiger partial charge in [-0.1, -0.05) is 13.8 Å². The molecule has 0 aromatic rings. The first-order valence-electron chi connectivity index (χ1n) is 7.50. The maximum Gasteiger partial charge on any atom is 0.410 e. The Hall–Kier alpha value is -0.770. The highest BCUT2D eigenvalue weighted by Crippen LogP contribution is 2.31. The molecule has 0 aromatic heterocycles. The minimum Gasteiger partial charge on any atom is -0.444 e. The van der Waals surface area contributed by atoms with E-state index in [1.807, 2.05) is 25.7 Å². The first kappa shape index (κ1) is 14.6. The van der Waals surface area contributed by atoms with Crippen molar-refractivity contribution >= 4 is 6.09 Å². The van der Waals surface area contributed by atoms with E-state index in [0.717, 1.165) is 32.5 Å². The van der Waals surface area contributed by atoms with Crippen LogP contribution in [0.5, 0.6) is 0 Å². The van der Waals surface area contributed by atoms with Crippen LogP contribution in [0.1, 0.15) is 47.5 Å². The predicted octanol–water partition coefficient (Wildman–Crippen LogP) is 2.73. The van der Waals surface area contributed by atoms with Crippen LogP contribution in [-0.2, 0) is 4.74 Å². The summed E-state index contributed by atoms with van der Waals surface area (Å²) in [4.78, 5) is 16.8. The number of fused-ring (bicyclic) bond motifs is 2. The van der Waals surface area contributed by atoms with Gasteiger partial charge in [0.1, 0.15) is 5.60 Å². The molecule has 19 heavy (non-hydrogen) atoms. The summed E-state index contributed by atoms with van der Waals surface area (Å²) in [6.07, 6.45) is 2.13. The standard InChI is InChI=1S/C15H28N2O2/c1-11(2)8-16-9-12-6-7-13(10-16)17(12)14(18)19-15(3,4)5/h11-13H,6-10H2,1-5H3. The largest absolute Gasteiger partial charge is 0.444 e. The second kappa shape index (κ2) is 5.31. The lowest BCUT2D eigenvalue weighted by Crippen LogP contribution is -2.57. The van der Waals surface area contributed by atoms with E-state index in [4.69, 9.17) is 4.74 Å². The van der Waals surface area contributed by atoms with E-state index in [0.29, 0.717) is 18.0 Å². The Morgan fingerprint density at radius 1 is 1.21 bits per heavy atom. The smallest absolute Gasteiger partial charge is 0.410 e. The van der Waals surface area contributed by atoms with Crippen molar-refractivity contribution in [3.8, 4) is 0 Å². The summed E-state index contributed by atoms with van der Waals surface area (Å²) in [5.41, 5.74) is -0.397. The molecule has 0 saturated carbocycles. The van der Waals surface area contributed by atoms with Gasteiger partial charge in [-0.25, -0.2) is 4.79 Å². The highest BCUT2D eigenvalue weighted by molar-refractivity contribution is 5.69. The van der Waals surface area contributed by atoms with Crippen LogP contribution in [0.4, 0.5) is 4.79 Å². The zero-order valence-corrected chi connectivity index (χ0v) is 13.0. The second-order valence-corrected chi connectivity index (χ2v) is 7.38. The molecule has 2 rings (SSSR count).